The zero-order valence-corrected chi connectivity index (χ0v) is 18.9. The standard InChI is InChI=1S/C25H28N4OS/c1-27-11-3-12-28(14-13-27)17-23-25(19-4-7-22(30-2)8-5-19)26-24-9-6-20(16-29(23)24)21-10-15-31-18-21/h4-10,15-16,18H,3,11-14,17H2,1-2H3. The van der Waals surface area contributed by atoms with Gasteiger partial charge in [-0.1, -0.05) is 0 Å². The van der Waals surface area contributed by atoms with E-state index in [1.165, 1.54) is 23.2 Å². The fraction of sp³-hybridized carbons (Fsp3) is 0.320. The maximum atomic E-state index is 5.36. The number of hydrogen-bond donors (Lipinski definition) is 0. The summed E-state index contributed by atoms with van der Waals surface area (Å²) in [6, 6.07) is 14.7. The van der Waals surface area contributed by atoms with Gasteiger partial charge in [-0.3, -0.25) is 4.90 Å². The Kier molecular flexibility index (Phi) is 5.76. The minimum absolute atomic E-state index is 0.865. The van der Waals surface area contributed by atoms with Crippen LogP contribution in [0.2, 0.25) is 0 Å². The summed E-state index contributed by atoms with van der Waals surface area (Å²) in [6.45, 7) is 5.36. The average molecular weight is 433 g/mol. The first-order valence-corrected chi connectivity index (χ1v) is 11.7. The van der Waals surface area contributed by atoms with Crippen molar-refractivity contribution in [2.75, 3.05) is 40.3 Å². The van der Waals surface area contributed by atoms with Crippen LogP contribution in [0.25, 0.3) is 28.0 Å². The Hall–Kier alpha value is -2.67. The van der Waals surface area contributed by atoms with Gasteiger partial charge in [-0.25, -0.2) is 4.98 Å². The molecule has 4 heterocycles. The fourth-order valence-corrected chi connectivity index (χ4v) is 4.96. The molecular formula is C25H28N4OS. The molecule has 0 aliphatic carbocycles. The highest BCUT2D eigenvalue weighted by molar-refractivity contribution is 7.08. The van der Waals surface area contributed by atoms with Crippen LogP contribution < -0.4 is 4.74 Å². The number of rotatable bonds is 5. The van der Waals surface area contributed by atoms with Crippen molar-refractivity contribution in [3.63, 3.8) is 0 Å². The number of nitrogens with zero attached hydrogens (tertiary/aromatic N) is 4. The maximum Gasteiger partial charge on any atom is 0.137 e. The molecule has 0 N–H and O–H groups in total. The minimum Gasteiger partial charge on any atom is -0.497 e. The number of methoxy groups -OCH3 is 1. The number of pyridine rings is 1. The summed E-state index contributed by atoms with van der Waals surface area (Å²) in [6.07, 6.45) is 3.45. The molecule has 31 heavy (non-hydrogen) atoms. The van der Waals surface area contributed by atoms with E-state index in [-0.39, 0.29) is 0 Å². The summed E-state index contributed by atoms with van der Waals surface area (Å²) < 4.78 is 7.65. The zero-order valence-electron chi connectivity index (χ0n) is 18.1. The van der Waals surface area contributed by atoms with Gasteiger partial charge in [0.25, 0.3) is 0 Å². The SMILES string of the molecule is COc1ccc(-c2nc3ccc(-c4ccsc4)cn3c2CN2CCCN(C)CC2)cc1. The third-order valence-electron chi connectivity index (χ3n) is 6.12. The van der Waals surface area contributed by atoms with E-state index in [1.54, 1.807) is 18.4 Å². The molecule has 3 aromatic heterocycles. The zero-order chi connectivity index (χ0) is 21.2. The molecule has 4 aromatic rings. The molecule has 5 rings (SSSR count). The van der Waals surface area contributed by atoms with Gasteiger partial charge in [0, 0.05) is 31.4 Å². The Labute approximate surface area is 187 Å². The second-order valence-electron chi connectivity index (χ2n) is 8.23. The van der Waals surface area contributed by atoms with Crippen LogP contribution in [-0.2, 0) is 6.54 Å². The van der Waals surface area contributed by atoms with Crippen molar-refractivity contribution < 1.29 is 4.74 Å². The van der Waals surface area contributed by atoms with Crippen molar-refractivity contribution in [3.05, 3.63) is 65.1 Å². The Morgan fingerprint density at radius 1 is 0.935 bits per heavy atom. The number of hydrogen-bond acceptors (Lipinski definition) is 5. The van der Waals surface area contributed by atoms with Gasteiger partial charge < -0.3 is 14.0 Å². The molecular weight excluding hydrogens is 404 g/mol. The lowest BCUT2D eigenvalue weighted by atomic mass is 10.1. The number of ether oxygens (including phenoxy) is 1. The number of likely N-dealkylation sites (N-methyl/N-ethyl adjacent to an activating group) is 1. The number of thiophene rings is 1. The molecule has 160 valence electrons. The largest absolute Gasteiger partial charge is 0.497 e. The first-order valence-electron chi connectivity index (χ1n) is 10.8. The quantitative estimate of drug-likeness (QED) is 0.450. The fourth-order valence-electron chi connectivity index (χ4n) is 4.29. The van der Waals surface area contributed by atoms with Gasteiger partial charge in [0.15, 0.2) is 0 Å². The molecule has 0 saturated carbocycles. The second-order valence-corrected chi connectivity index (χ2v) is 9.01. The molecule has 1 aliphatic heterocycles. The third kappa shape index (κ3) is 4.24. The van der Waals surface area contributed by atoms with E-state index in [9.17, 15) is 0 Å². The number of benzene rings is 1. The number of fused-ring (bicyclic) bond motifs is 1. The van der Waals surface area contributed by atoms with Crippen molar-refractivity contribution in [2.45, 2.75) is 13.0 Å². The molecule has 0 amide bonds. The average Bonchev–Trinajstić information content (AvgIpc) is 3.40. The van der Waals surface area contributed by atoms with Crippen molar-refractivity contribution in [2.24, 2.45) is 0 Å². The predicted octanol–water partition coefficient (Wildman–Crippen LogP) is 4.88. The summed E-state index contributed by atoms with van der Waals surface area (Å²) in [5, 5.41) is 4.33. The molecule has 1 aromatic carbocycles. The van der Waals surface area contributed by atoms with Crippen LogP contribution in [0.15, 0.2) is 59.4 Å². The molecule has 0 spiro atoms. The van der Waals surface area contributed by atoms with Crippen LogP contribution in [0.4, 0.5) is 0 Å². The predicted molar refractivity (Wildman–Crippen MR) is 128 cm³/mol. The molecule has 0 radical (unpaired) electrons. The smallest absolute Gasteiger partial charge is 0.137 e. The summed E-state index contributed by atoms with van der Waals surface area (Å²) >= 11 is 1.73. The lowest BCUT2D eigenvalue weighted by molar-refractivity contribution is 0.266. The van der Waals surface area contributed by atoms with Crippen molar-refractivity contribution in [1.29, 1.82) is 0 Å². The molecule has 0 atom stereocenters. The van der Waals surface area contributed by atoms with E-state index < -0.39 is 0 Å². The summed E-state index contributed by atoms with van der Waals surface area (Å²) in [4.78, 5) is 10.0. The van der Waals surface area contributed by atoms with Crippen LogP contribution in [0.3, 0.4) is 0 Å². The van der Waals surface area contributed by atoms with Crippen LogP contribution in [-0.4, -0.2) is 59.5 Å². The molecule has 6 heteroatoms. The molecule has 1 aliphatic rings. The van der Waals surface area contributed by atoms with Gasteiger partial charge in [0.1, 0.15) is 11.4 Å². The monoisotopic (exact) mass is 432 g/mol. The van der Waals surface area contributed by atoms with E-state index in [0.717, 1.165) is 55.4 Å². The Morgan fingerprint density at radius 3 is 2.55 bits per heavy atom. The molecule has 1 saturated heterocycles. The van der Waals surface area contributed by atoms with Crippen LogP contribution in [0.1, 0.15) is 12.1 Å². The normalized spacial score (nSPS) is 15.9. The van der Waals surface area contributed by atoms with Crippen LogP contribution in [0.5, 0.6) is 5.75 Å². The first-order chi connectivity index (χ1) is 15.2. The van der Waals surface area contributed by atoms with Crippen molar-refractivity contribution >= 4 is 17.0 Å². The summed E-state index contributed by atoms with van der Waals surface area (Å²) in [5.41, 5.74) is 6.91. The Balaban J connectivity index is 1.59. The highest BCUT2D eigenvalue weighted by Crippen LogP contribution is 2.30. The molecule has 5 nitrogen and oxygen atoms in total. The number of aromatic nitrogens is 2. The van der Waals surface area contributed by atoms with E-state index in [0.29, 0.717) is 0 Å². The second kappa shape index (κ2) is 8.83. The highest BCUT2D eigenvalue weighted by atomic mass is 32.1. The first kappa shape index (κ1) is 20.2. The topological polar surface area (TPSA) is 33.0 Å². The van der Waals surface area contributed by atoms with Crippen molar-refractivity contribution in [1.82, 2.24) is 19.2 Å². The van der Waals surface area contributed by atoms with Gasteiger partial charge in [-0.05, 0) is 90.9 Å². The third-order valence-corrected chi connectivity index (χ3v) is 6.80. The lowest BCUT2D eigenvalue weighted by Crippen LogP contribution is -2.29. The minimum atomic E-state index is 0.865. The lowest BCUT2D eigenvalue weighted by Gasteiger charge is -2.20. The van der Waals surface area contributed by atoms with Crippen LogP contribution in [0, 0.1) is 0 Å². The van der Waals surface area contributed by atoms with Gasteiger partial charge in [-0.15, -0.1) is 0 Å². The molecule has 0 unspecified atom stereocenters. The van der Waals surface area contributed by atoms with Gasteiger partial charge in [0.2, 0.25) is 0 Å². The highest BCUT2D eigenvalue weighted by Gasteiger charge is 2.19. The Bertz CT molecular complexity index is 1150. The maximum absolute atomic E-state index is 5.36. The summed E-state index contributed by atoms with van der Waals surface area (Å²) in [7, 11) is 3.92. The van der Waals surface area contributed by atoms with Crippen LogP contribution >= 0.6 is 11.3 Å². The Morgan fingerprint density at radius 2 is 1.77 bits per heavy atom. The number of imidazole rings is 1. The molecule has 1 fully saturated rings. The van der Waals surface area contributed by atoms with E-state index in [1.807, 2.05) is 12.1 Å². The van der Waals surface area contributed by atoms with Crippen molar-refractivity contribution in [3.8, 4) is 28.1 Å². The van der Waals surface area contributed by atoms with E-state index >= 15 is 0 Å². The molecule has 0 bridgehead atoms. The van der Waals surface area contributed by atoms with Gasteiger partial charge >= 0.3 is 0 Å². The van der Waals surface area contributed by atoms with E-state index in [4.69, 9.17) is 9.72 Å². The van der Waals surface area contributed by atoms with Gasteiger partial charge in [-0.2, -0.15) is 11.3 Å². The van der Waals surface area contributed by atoms with E-state index in [2.05, 4.69) is 68.5 Å². The summed E-state index contributed by atoms with van der Waals surface area (Å²) in [5.74, 6) is 0.865. The van der Waals surface area contributed by atoms with Gasteiger partial charge in [0.05, 0.1) is 18.5 Å².